The van der Waals surface area contributed by atoms with Crippen molar-refractivity contribution in [3.8, 4) is 0 Å². The number of carboxylic acids is 1. The molecule has 28 heavy (non-hydrogen) atoms. The monoisotopic (exact) mass is 386 g/mol. The number of piperazine rings is 1. The van der Waals surface area contributed by atoms with Crippen LogP contribution in [-0.2, 0) is 16.0 Å². The second kappa shape index (κ2) is 9.71. The molecular weight excluding hydrogens is 356 g/mol. The van der Waals surface area contributed by atoms with E-state index in [4.69, 9.17) is 5.11 Å². The number of carbonyl (C=O) groups excluding carboxylic acids is 2. The van der Waals surface area contributed by atoms with Gasteiger partial charge in [0.2, 0.25) is 11.8 Å². The fourth-order valence-corrected chi connectivity index (χ4v) is 4.21. The number of aryl methyl sites for hydroxylation is 1. The van der Waals surface area contributed by atoms with Crippen LogP contribution in [0.3, 0.4) is 0 Å². The van der Waals surface area contributed by atoms with Gasteiger partial charge in [0.25, 0.3) is 0 Å². The highest BCUT2D eigenvalue weighted by Crippen LogP contribution is 2.28. The number of nitrogens with zero attached hydrogens (tertiary/aromatic N) is 2. The second-order valence-corrected chi connectivity index (χ2v) is 7.95. The summed E-state index contributed by atoms with van der Waals surface area (Å²) < 4.78 is 0. The molecule has 0 unspecified atom stereocenters. The fraction of sp³-hybridized carbons (Fsp3) is 0.591. The van der Waals surface area contributed by atoms with Gasteiger partial charge in [0, 0.05) is 39.0 Å². The summed E-state index contributed by atoms with van der Waals surface area (Å²) in [4.78, 5) is 39.5. The summed E-state index contributed by atoms with van der Waals surface area (Å²) in [6, 6.07) is 6.66. The van der Waals surface area contributed by atoms with Crippen LogP contribution in [-0.4, -0.2) is 58.9 Å². The van der Waals surface area contributed by atoms with Crippen molar-refractivity contribution >= 4 is 17.8 Å². The standard InChI is InChI=1S/C22H30N2O4/c25-20(11-7-17-3-1-2-4-17)23-13-15-24(16-14-23)21(26)12-8-18-5-9-19(10-6-18)22(27)28/h5-6,9-10,17H,1-4,7-8,11-16H2,(H,27,28). The molecule has 1 N–H and O–H groups in total. The van der Waals surface area contributed by atoms with E-state index in [1.807, 2.05) is 9.80 Å². The molecule has 0 radical (unpaired) electrons. The molecule has 0 atom stereocenters. The molecule has 2 aliphatic rings. The third-order valence-corrected chi connectivity index (χ3v) is 6.05. The fourth-order valence-electron chi connectivity index (χ4n) is 4.21. The zero-order chi connectivity index (χ0) is 19.9. The lowest BCUT2D eigenvalue weighted by molar-refractivity contribution is -0.139. The molecule has 152 valence electrons. The predicted molar refractivity (Wildman–Crippen MR) is 106 cm³/mol. The Morgan fingerprint density at radius 1 is 0.857 bits per heavy atom. The van der Waals surface area contributed by atoms with Crippen molar-refractivity contribution in [2.45, 2.75) is 51.4 Å². The third kappa shape index (κ3) is 5.57. The molecule has 2 fully saturated rings. The van der Waals surface area contributed by atoms with Crippen LogP contribution in [0.2, 0.25) is 0 Å². The SMILES string of the molecule is O=C(O)c1ccc(CCC(=O)N2CCN(C(=O)CCC3CCCC3)CC2)cc1. The Labute approximate surface area is 166 Å². The number of rotatable bonds is 7. The van der Waals surface area contributed by atoms with Crippen LogP contribution in [0.15, 0.2) is 24.3 Å². The van der Waals surface area contributed by atoms with Gasteiger partial charge < -0.3 is 14.9 Å². The van der Waals surface area contributed by atoms with E-state index in [1.165, 1.54) is 25.7 Å². The minimum Gasteiger partial charge on any atom is -0.478 e. The summed E-state index contributed by atoms with van der Waals surface area (Å²) in [7, 11) is 0. The Morgan fingerprint density at radius 2 is 1.39 bits per heavy atom. The Bertz CT molecular complexity index is 687. The average Bonchev–Trinajstić information content (AvgIpc) is 3.24. The van der Waals surface area contributed by atoms with E-state index >= 15 is 0 Å². The lowest BCUT2D eigenvalue weighted by Gasteiger charge is -2.35. The van der Waals surface area contributed by atoms with Crippen LogP contribution in [0.4, 0.5) is 0 Å². The molecule has 0 aromatic heterocycles. The Morgan fingerprint density at radius 3 is 1.93 bits per heavy atom. The van der Waals surface area contributed by atoms with Gasteiger partial charge >= 0.3 is 5.97 Å². The molecule has 6 heteroatoms. The van der Waals surface area contributed by atoms with Crippen molar-refractivity contribution in [3.05, 3.63) is 35.4 Å². The number of carbonyl (C=O) groups is 3. The van der Waals surface area contributed by atoms with Crippen molar-refractivity contribution in [1.82, 2.24) is 9.80 Å². The van der Waals surface area contributed by atoms with Gasteiger partial charge in [-0.05, 0) is 36.5 Å². The van der Waals surface area contributed by atoms with E-state index in [0.29, 0.717) is 45.4 Å². The number of hydrogen-bond donors (Lipinski definition) is 1. The summed E-state index contributed by atoms with van der Waals surface area (Å²) in [5, 5.41) is 8.92. The first kappa shape index (κ1) is 20.4. The minimum atomic E-state index is -0.946. The van der Waals surface area contributed by atoms with Gasteiger partial charge in [0.15, 0.2) is 0 Å². The highest BCUT2D eigenvalue weighted by Gasteiger charge is 2.25. The van der Waals surface area contributed by atoms with Crippen molar-refractivity contribution < 1.29 is 19.5 Å². The molecule has 1 aromatic rings. The van der Waals surface area contributed by atoms with Crippen LogP contribution in [0.25, 0.3) is 0 Å². The van der Waals surface area contributed by atoms with Crippen molar-refractivity contribution in [2.75, 3.05) is 26.2 Å². The van der Waals surface area contributed by atoms with Gasteiger partial charge in [-0.2, -0.15) is 0 Å². The van der Waals surface area contributed by atoms with E-state index < -0.39 is 5.97 Å². The van der Waals surface area contributed by atoms with Crippen LogP contribution >= 0.6 is 0 Å². The summed E-state index contributed by atoms with van der Waals surface area (Å²) in [6.07, 6.45) is 7.82. The molecule has 1 saturated carbocycles. The highest BCUT2D eigenvalue weighted by molar-refractivity contribution is 5.87. The second-order valence-electron chi connectivity index (χ2n) is 7.95. The van der Waals surface area contributed by atoms with Gasteiger partial charge in [-0.1, -0.05) is 37.8 Å². The van der Waals surface area contributed by atoms with Gasteiger partial charge in [-0.3, -0.25) is 9.59 Å². The van der Waals surface area contributed by atoms with Crippen molar-refractivity contribution in [2.24, 2.45) is 5.92 Å². The molecule has 1 aromatic carbocycles. The number of carboxylic acid groups (broad SMARTS) is 1. The number of benzene rings is 1. The van der Waals surface area contributed by atoms with Gasteiger partial charge in [0.05, 0.1) is 5.56 Å². The smallest absolute Gasteiger partial charge is 0.335 e. The lowest BCUT2D eigenvalue weighted by Crippen LogP contribution is -2.50. The van der Waals surface area contributed by atoms with E-state index in [0.717, 1.165) is 17.9 Å². The van der Waals surface area contributed by atoms with E-state index in [2.05, 4.69) is 0 Å². The molecule has 0 bridgehead atoms. The first-order chi connectivity index (χ1) is 13.5. The van der Waals surface area contributed by atoms with Gasteiger partial charge in [0.1, 0.15) is 0 Å². The van der Waals surface area contributed by atoms with Crippen molar-refractivity contribution in [1.29, 1.82) is 0 Å². The number of aromatic carboxylic acids is 1. The van der Waals surface area contributed by atoms with Gasteiger partial charge in [-0.25, -0.2) is 4.79 Å². The zero-order valence-electron chi connectivity index (χ0n) is 16.4. The Kier molecular flexibility index (Phi) is 7.06. The van der Waals surface area contributed by atoms with Crippen LogP contribution < -0.4 is 0 Å². The summed E-state index contributed by atoms with van der Waals surface area (Å²) in [6.45, 7) is 2.46. The van der Waals surface area contributed by atoms with Crippen LogP contribution in [0.5, 0.6) is 0 Å². The maximum absolute atomic E-state index is 12.5. The largest absolute Gasteiger partial charge is 0.478 e. The Balaban J connectivity index is 1.37. The first-order valence-electron chi connectivity index (χ1n) is 10.4. The summed E-state index contributed by atoms with van der Waals surface area (Å²) in [5.74, 6) is 0.118. The maximum atomic E-state index is 12.5. The lowest BCUT2D eigenvalue weighted by atomic mass is 10.0. The predicted octanol–water partition coefficient (Wildman–Crippen LogP) is 2.96. The van der Waals surface area contributed by atoms with E-state index in [1.54, 1.807) is 24.3 Å². The summed E-state index contributed by atoms with van der Waals surface area (Å²) in [5.41, 5.74) is 1.21. The highest BCUT2D eigenvalue weighted by atomic mass is 16.4. The van der Waals surface area contributed by atoms with E-state index in [-0.39, 0.29) is 17.4 Å². The third-order valence-electron chi connectivity index (χ3n) is 6.05. The van der Waals surface area contributed by atoms with Crippen molar-refractivity contribution in [3.63, 3.8) is 0 Å². The zero-order valence-corrected chi connectivity index (χ0v) is 16.4. The molecule has 1 heterocycles. The summed E-state index contributed by atoms with van der Waals surface area (Å²) >= 11 is 0. The quantitative estimate of drug-likeness (QED) is 0.781. The Hall–Kier alpha value is -2.37. The molecule has 0 spiro atoms. The molecule has 6 nitrogen and oxygen atoms in total. The topological polar surface area (TPSA) is 77.9 Å². The van der Waals surface area contributed by atoms with Gasteiger partial charge in [-0.15, -0.1) is 0 Å². The molecular formula is C22H30N2O4. The van der Waals surface area contributed by atoms with E-state index in [9.17, 15) is 14.4 Å². The molecule has 1 aliphatic carbocycles. The molecule has 2 amide bonds. The number of amides is 2. The minimum absolute atomic E-state index is 0.0976. The number of hydrogen-bond acceptors (Lipinski definition) is 3. The van der Waals surface area contributed by atoms with Crippen LogP contribution in [0, 0.1) is 5.92 Å². The molecule has 1 aliphatic heterocycles. The first-order valence-corrected chi connectivity index (χ1v) is 10.4. The maximum Gasteiger partial charge on any atom is 0.335 e. The molecule has 3 rings (SSSR count). The normalized spacial score (nSPS) is 17.7. The molecule has 1 saturated heterocycles. The average molecular weight is 386 g/mol. The van der Waals surface area contributed by atoms with Crippen LogP contribution in [0.1, 0.15) is 60.9 Å².